The van der Waals surface area contributed by atoms with Gasteiger partial charge in [-0.05, 0) is 36.0 Å². The van der Waals surface area contributed by atoms with Gasteiger partial charge in [-0.25, -0.2) is 0 Å². The van der Waals surface area contributed by atoms with E-state index in [1.807, 2.05) is 0 Å². The minimum Gasteiger partial charge on any atom is -0.330 e. The van der Waals surface area contributed by atoms with E-state index in [0.717, 1.165) is 0 Å². The third kappa shape index (κ3) is 2.93. The predicted molar refractivity (Wildman–Crippen MR) is 95.0 cm³/mol. The number of imidazole rings is 1. The summed E-state index contributed by atoms with van der Waals surface area (Å²) < 4.78 is 1.87. The summed E-state index contributed by atoms with van der Waals surface area (Å²) in [4.78, 5) is 13.5. The van der Waals surface area contributed by atoms with Crippen LogP contribution in [0.25, 0.3) is 22.8 Å². The molecule has 0 aliphatic rings. The second-order valence-corrected chi connectivity index (χ2v) is 5.75. The first-order valence-corrected chi connectivity index (χ1v) is 7.55. The standard InChI is InChI=1S/C16H9ClN4O2S/c17-12-3-1-2-10(6-12)11(8-18)9-20-15-7-13(21(22)23)4-5-14(15)19-16(20)24/h1-7,9H,(H,19,24)/b11-9+. The van der Waals surface area contributed by atoms with Gasteiger partial charge in [0.15, 0.2) is 4.77 Å². The van der Waals surface area contributed by atoms with Crippen molar-refractivity contribution >= 4 is 52.3 Å². The molecule has 1 N–H and O–H groups in total. The highest BCUT2D eigenvalue weighted by Crippen LogP contribution is 2.24. The summed E-state index contributed by atoms with van der Waals surface area (Å²) in [6.07, 6.45) is 1.54. The summed E-state index contributed by atoms with van der Waals surface area (Å²) in [5.74, 6) is 0. The number of nitro groups is 1. The average Bonchev–Trinajstić information content (AvgIpc) is 2.87. The van der Waals surface area contributed by atoms with E-state index in [4.69, 9.17) is 23.8 Å². The molecule has 24 heavy (non-hydrogen) atoms. The van der Waals surface area contributed by atoms with Crippen molar-refractivity contribution in [3.05, 3.63) is 67.9 Å². The van der Waals surface area contributed by atoms with Crippen LogP contribution < -0.4 is 0 Å². The SMILES string of the molecule is N#C/C(=C\n1c(=S)[nH]c2ccc([N+](=O)[O-])cc21)c1cccc(Cl)c1. The largest absolute Gasteiger partial charge is 0.330 e. The Kier molecular flexibility index (Phi) is 4.16. The Labute approximate surface area is 146 Å². The number of nitrogens with one attached hydrogen (secondary N) is 1. The first-order chi connectivity index (χ1) is 11.5. The molecule has 3 rings (SSSR count). The van der Waals surface area contributed by atoms with Crippen LogP contribution in [-0.4, -0.2) is 14.5 Å². The fourth-order valence-corrected chi connectivity index (χ4v) is 2.76. The lowest BCUT2D eigenvalue weighted by Crippen LogP contribution is -1.92. The number of allylic oxidation sites excluding steroid dienone is 1. The van der Waals surface area contributed by atoms with Crippen molar-refractivity contribution < 1.29 is 4.92 Å². The molecule has 0 saturated carbocycles. The number of aromatic amines is 1. The zero-order valence-corrected chi connectivity index (χ0v) is 13.6. The Hall–Kier alpha value is -2.95. The summed E-state index contributed by atoms with van der Waals surface area (Å²) in [6.45, 7) is 0. The van der Waals surface area contributed by atoms with Crippen LogP contribution in [0, 0.1) is 26.2 Å². The molecule has 2 aromatic carbocycles. The van der Waals surface area contributed by atoms with Crippen LogP contribution in [0.3, 0.4) is 0 Å². The van der Waals surface area contributed by atoms with Gasteiger partial charge in [0.25, 0.3) is 5.69 Å². The van der Waals surface area contributed by atoms with Gasteiger partial charge in [0.1, 0.15) is 6.07 Å². The molecule has 0 radical (unpaired) electrons. The van der Waals surface area contributed by atoms with E-state index < -0.39 is 4.92 Å². The number of H-pyrrole nitrogens is 1. The number of nitrogens with zero attached hydrogens (tertiary/aromatic N) is 3. The molecule has 1 heterocycles. The van der Waals surface area contributed by atoms with Crippen LogP contribution in [-0.2, 0) is 0 Å². The van der Waals surface area contributed by atoms with E-state index in [1.165, 1.54) is 22.9 Å². The van der Waals surface area contributed by atoms with Gasteiger partial charge in [-0.1, -0.05) is 23.7 Å². The molecule has 118 valence electrons. The highest BCUT2D eigenvalue weighted by molar-refractivity contribution is 7.71. The smallest absolute Gasteiger partial charge is 0.271 e. The van der Waals surface area contributed by atoms with E-state index in [0.29, 0.717) is 32.0 Å². The lowest BCUT2D eigenvalue weighted by molar-refractivity contribution is -0.384. The minimum atomic E-state index is -0.480. The number of nitro benzene ring substituents is 1. The molecule has 0 spiro atoms. The maximum absolute atomic E-state index is 11.0. The number of fused-ring (bicyclic) bond motifs is 1. The predicted octanol–water partition coefficient (Wildman–Crippen LogP) is 4.78. The molecule has 0 aliphatic carbocycles. The molecule has 8 heteroatoms. The molecule has 0 aliphatic heterocycles. The van der Waals surface area contributed by atoms with Crippen molar-refractivity contribution in [1.82, 2.24) is 9.55 Å². The number of hydrogen-bond donors (Lipinski definition) is 1. The number of nitriles is 1. The molecule has 6 nitrogen and oxygen atoms in total. The highest BCUT2D eigenvalue weighted by Gasteiger charge is 2.11. The second kappa shape index (κ2) is 6.28. The van der Waals surface area contributed by atoms with Crippen molar-refractivity contribution in [3.8, 4) is 6.07 Å². The maximum Gasteiger partial charge on any atom is 0.271 e. The van der Waals surface area contributed by atoms with E-state index in [2.05, 4.69) is 11.1 Å². The van der Waals surface area contributed by atoms with E-state index in [9.17, 15) is 15.4 Å². The number of rotatable bonds is 3. The van der Waals surface area contributed by atoms with Crippen molar-refractivity contribution in [3.63, 3.8) is 0 Å². The normalized spacial score (nSPS) is 11.4. The monoisotopic (exact) mass is 356 g/mol. The van der Waals surface area contributed by atoms with Gasteiger partial charge < -0.3 is 4.98 Å². The van der Waals surface area contributed by atoms with Crippen molar-refractivity contribution in [2.75, 3.05) is 0 Å². The second-order valence-electron chi connectivity index (χ2n) is 4.92. The van der Waals surface area contributed by atoms with Gasteiger partial charge in [-0.15, -0.1) is 0 Å². The number of halogens is 1. The molecule has 0 amide bonds. The maximum atomic E-state index is 11.0. The topological polar surface area (TPSA) is 87.7 Å². The van der Waals surface area contributed by atoms with Crippen LogP contribution in [0.2, 0.25) is 5.02 Å². The van der Waals surface area contributed by atoms with Crippen LogP contribution in [0.1, 0.15) is 5.56 Å². The Bertz CT molecular complexity index is 1090. The third-order valence-corrected chi connectivity index (χ3v) is 3.96. The van der Waals surface area contributed by atoms with Crippen LogP contribution in [0.5, 0.6) is 0 Å². The molecule has 0 atom stereocenters. The molecule has 0 unspecified atom stereocenters. The lowest BCUT2D eigenvalue weighted by Gasteiger charge is -2.02. The van der Waals surface area contributed by atoms with Gasteiger partial charge in [0.05, 0.1) is 21.5 Å². The summed E-state index contributed by atoms with van der Waals surface area (Å²) in [5.41, 5.74) is 2.07. The molecular formula is C16H9ClN4O2S. The number of benzene rings is 2. The van der Waals surface area contributed by atoms with Crippen molar-refractivity contribution in [1.29, 1.82) is 5.26 Å². The minimum absolute atomic E-state index is 0.0556. The molecule has 0 saturated heterocycles. The fraction of sp³-hybridized carbons (Fsp3) is 0. The summed E-state index contributed by atoms with van der Waals surface area (Å²) >= 11 is 11.2. The molecule has 1 aromatic heterocycles. The van der Waals surface area contributed by atoms with E-state index >= 15 is 0 Å². The summed E-state index contributed by atoms with van der Waals surface area (Å²) in [7, 11) is 0. The lowest BCUT2D eigenvalue weighted by atomic mass is 10.1. The Morgan fingerprint density at radius 1 is 1.38 bits per heavy atom. The van der Waals surface area contributed by atoms with Crippen LogP contribution in [0.4, 0.5) is 5.69 Å². The first-order valence-electron chi connectivity index (χ1n) is 6.76. The van der Waals surface area contributed by atoms with Gasteiger partial charge >= 0.3 is 0 Å². The van der Waals surface area contributed by atoms with Gasteiger partial charge in [-0.2, -0.15) is 5.26 Å². The summed E-state index contributed by atoms with van der Waals surface area (Å²) in [5, 5.41) is 20.9. The number of non-ortho nitro benzene ring substituents is 1. The first kappa shape index (κ1) is 15.9. The van der Waals surface area contributed by atoms with Crippen molar-refractivity contribution in [2.24, 2.45) is 0 Å². The number of hydrogen-bond acceptors (Lipinski definition) is 4. The quantitative estimate of drug-likeness (QED) is 0.316. The summed E-state index contributed by atoms with van der Waals surface area (Å²) in [6, 6.07) is 13.3. The van der Waals surface area contributed by atoms with Gasteiger partial charge in [-0.3, -0.25) is 14.7 Å². The average molecular weight is 357 g/mol. The highest BCUT2D eigenvalue weighted by atomic mass is 35.5. The number of aromatic nitrogens is 2. The van der Waals surface area contributed by atoms with Crippen LogP contribution in [0.15, 0.2) is 42.5 Å². The Morgan fingerprint density at radius 2 is 2.17 bits per heavy atom. The Balaban J connectivity index is 2.23. The zero-order chi connectivity index (χ0) is 17.3. The molecule has 3 aromatic rings. The zero-order valence-electron chi connectivity index (χ0n) is 12.1. The van der Waals surface area contributed by atoms with E-state index in [1.54, 1.807) is 30.3 Å². The fourth-order valence-electron chi connectivity index (χ4n) is 2.30. The van der Waals surface area contributed by atoms with Gasteiger partial charge in [0.2, 0.25) is 0 Å². The molecule has 0 fully saturated rings. The van der Waals surface area contributed by atoms with E-state index in [-0.39, 0.29) is 5.69 Å². The Morgan fingerprint density at radius 3 is 2.83 bits per heavy atom. The van der Waals surface area contributed by atoms with Crippen LogP contribution >= 0.6 is 23.8 Å². The molecular weight excluding hydrogens is 348 g/mol. The molecule has 0 bridgehead atoms. The van der Waals surface area contributed by atoms with Gasteiger partial charge in [0, 0.05) is 23.4 Å². The van der Waals surface area contributed by atoms with Crippen molar-refractivity contribution in [2.45, 2.75) is 0 Å². The third-order valence-electron chi connectivity index (χ3n) is 3.43.